The number of aliphatic carboxylic acids is 1. The Bertz CT molecular complexity index is 660. The number of nitrogens with zero attached hydrogens (tertiary/aromatic N) is 1. The Morgan fingerprint density at radius 1 is 1.45 bits per heavy atom. The normalized spacial score (nSPS) is 20.0. The second-order valence-electron chi connectivity index (χ2n) is 5.80. The Hall–Kier alpha value is -1.47. The molecule has 7 heteroatoms. The van der Waals surface area contributed by atoms with E-state index in [1.165, 1.54) is 10.4 Å². The monoisotopic (exact) mass is 329 g/mol. The van der Waals surface area contributed by atoms with Crippen LogP contribution >= 0.6 is 0 Å². The SMILES string of the molecule is Cc1ccc(CS(=O)(=O)N2CCCC(CC(=O)O)C2)cc1F. The van der Waals surface area contributed by atoms with E-state index in [1.54, 1.807) is 19.1 Å². The number of rotatable bonds is 5. The molecule has 1 aliphatic heterocycles. The van der Waals surface area contributed by atoms with Crippen molar-refractivity contribution in [1.29, 1.82) is 0 Å². The third kappa shape index (κ3) is 4.27. The number of aryl methyl sites for hydroxylation is 1. The number of benzene rings is 1. The van der Waals surface area contributed by atoms with Gasteiger partial charge in [-0.1, -0.05) is 12.1 Å². The maximum absolute atomic E-state index is 13.5. The summed E-state index contributed by atoms with van der Waals surface area (Å²) >= 11 is 0. The topological polar surface area (TPSA) is 74.7 Å². The third-order valence-corrected chi connectivity index (χ3v) is 5.74. The van der Waals surface area contributed by atoms with Gasteiger partial charge in [0.05, 0.1) is 5.75 Å². The Morgan fingerprint density at radius 3 is 2.82 bits per heavy atom. The van der Waals surface area contributed by atoms with Crippen LogP contribution in [-0.4, -0.2) is 36.9 Å². The fourth-order valence-corrected chi connectivity index (χ4v) is 4.35. The van der Waals surface area contributed by atoms with Gasteiger partial charge in [-0.15, -0.1) is 0 Å². The zero-order valence-electron chi connectivity index (χ0n) is 12.5. The van der Waals surface area contributed by atoms with E-state index in [9.17, 15) is 17.6 Å². The van der Waals surface area contributed by atoms with Crippen LogP contribution in [0.3, 0.4) is 0 Å². The lowest BCUT2D eigenvalue weighted by Crippen LogP contribution is -2.41. The highest BCUT2D eigenvalue weighted by molar-refractivity contribution is 7.88. The van der Waals surface area contributed by atoms with Gasteiger partial charge < -0.3 is 5.11 Å². The van der Waals surface area contributed by atoms with Crippen LogP contribution in [0.5, 0.6) is 0 Å². The van der Waals surface area contributed by atoms with E-state index in [2.05, 4.69) is 0 Å². The lowest BCUT2D eigenvalue weighted by atomic mass is 9.96. The summed E-state index contributed by atoms with van der Waals surface area (Å²) in [6, 6.07) is 4.41. The standard InChI is InChI=1S/C15H20FNO4S/c1-11-4-5-13(7-14(11)16)10-22(20,21)17-6-2-3-12(9-17)8-15(18)19/h4-5,7,12H,2-3,6,8-10H2,1H3,(H,18,19). The van der Waals surface area contributed by atoms with Gasteiger partial charge in [0.25, 0.3) is 0 Å². The van der Waals surface area contributed by atoms with Crippen LogP contribution in [0.25, 0.3) is 0 Å². The van der Waals surface area contributed by atoms with Gasteiger partial charge >= 0.3 is 5.97 Å². The van der Waals surface area contributed by atoms with Crippen LogP contribution < -0.4 is 0 Å². The summed E-state index contributed by atoms with van der Waals surface area (Å²) in [7, 11) is -3.56. The molecule has 0 saturated carbocycles. The van der Waals surface area contributed by atoms with E-state index in [-0.39, 0.29) is 24.6 Å². The van der Waals surface area contributed by atoms with Gasteiger partial charge in [-0.3, -0.25) is 4.79 Å². The first-order valence-corrected chi connectivity index (χ1v) is 8.83. The number of sulfonamides is 1. The van der Waals surface area contributed by atoms with E-state index in [1.807, 2.05) is 0 Å². The highest BCUT2D eigenvalue weighted by Gasteiger charge is 2.30. The second kappa shape index (κ2) is 6.75. The summed E-state index contributed by atoms with van der Waals surface area (Å²) in [4.78, 5) is 10.8. The Labute approximate surface area is 129 Å². The molecule has 5 nitrogen and oxygen atoms in total. The maximum atomic E-state index is 13.5. The molecule has 0 aromatic heterocycles. The van der Waals surface area contributed by atoms with E-state index < -0.39 is 21.8 Å². The zero-order valence-corrected chi connectivity index (χ0v) is 13.3. The van der Waals surface area contributed by atoms with Crippen LogP contribution in [0.15, 0.2) is 18.2 Å². The molecule has 22 heavy (non-hydrogen) atoms. The Kier molecular flexibility index (Phi) is 5.18. The van der Waals surface area contributed by atoms with Crippen molar-refractivity contribution in [3.05, 3.63) is 35.1 Å². The predicted molar refractivity (Wildman–Crippen MR) is 80.3 cm³/mol. The van der Waals surface area contributed by atoms with Gasteiger partial charge in [-0.25, -0.2) is 17.1 Å². The van der Waals surface area contributed by atoms with Crippen molar-refractivity contribution in [2.45, 2.75) is 31.9 Å². The fourth-order valence-electron chi connectivity index (χ4n) is 2.72. The number of piperidine rings is 1. The smallest absolute Gasteiger partial charge is 0.303 e. The molecule has 0 aliphatic carbocycles. The van der Waals surface area contributed by atoms with Gasteiger partial charge in [0.15, 0.2) is 0 Å². The second-order valence-corrected chi connectivity index (χ2v) is 7.77. The van der Waals surface area contributed by atoms with Crippen molar-refractivity contribution in [1.82, 2.24) is 4.31 Å². The first kappa shape index (κ1) is 16.9. The van der Waals surface area contributed by atoms with Crippen LogP contribution in [0.1, 0.15) is 30.4 Å². The molecular formula is C15H20FNO4S. The van der Waals surface area contributed by atoms with Gasteiger partial charge in [0, 0.05) is 19.5 Å². The largest absolute Gasteiger partial charge is 0.481 e. The average molecular weight is 329 g/mol. The van der Waals surface area contributed by atoms with Crippen molar-refractivity contribution in [2.24, 2.45) is 5.92 Å². The summed E-state index contributed by atoms with van der Waals surface area (Å²) in [5.74, 6) is -1.75. The first-order valence-electron chi connectivity index (χ1n) is 7.22. The van der Waals surface area contributed by atoms with Crippen molar-refractivity contribution in [3.63, 3.8) is 0 Å². The molecule has 1 aromatic rings. The van der Waals surface area contributed by atoms with E-state index in [0.29, 0.717) is 24.1 Å². The molecule has 0 bridgehead atoms. The van der Waals surface area contributed by atoms with Crippen molar-refractivity contribution in [2.75, 3.05) is 13.1 Å². The van der Waals surface area contributed by atoms with Gasteiger partial charge in [-0.2, -0.15) is 0 Å². The molecule has 1 fully saturated rings. The minimum Gasteiger partial charge on any atom is -0.481 e. The maximum Gasteiger partial charge on any atom is 0.303 e. The van der Waals surface area contributed by atoms with E-state index in [4.69, 9.17) is 5.11 Å². The molecule has 1 saturated heterocycles. The fraction of sp³-hybridized carbons (Fsp3) is 0.533. The van der Waals surface area contributed by atoms with Crippen LogP contribution in [0, 0.1) is 18.7 Å². The molecule has 0 spiro atoms. The van der Waals surface area contributed by atoms with E-state index >= 15 is 0 Å². The molecule has 0 amide bonds. The first-order chi connectivity index (χ1) is 10.3. The number of hydrogen-bond acceptors (Lipinski definition) is 3. The number of carbonyl (C=O) groups is 1. The van der Waals surface area contributed by atoms with Crippen LogP contribution in [0.4, 0.5) is 4.39 Å². The number of hydrogen-bond donors (Lipinski definition) is 1. The Balaban J connectivity index is 2.08. The van der Waals surface area contributed by atoms with Crippen molar-refractivity contribution >= 4 is 16.0 Å². The lowest BCUT2D eigenvalue weighted by Gasteiger charge is -2.31. The van der Waals surface area contributed by atoms with Crippen molar-refractivity contribution < 1.29 is 22.7 Å². The summed E-state index contributed by atoms with van der Waals surface area (Å²) in [6.45, 7) is 2.24. The van der Waals surface area contributed by atoms with Crippen LogP contribution in [-0.2, 0) is 20.6 Å². The lowest BCUT2D eigenvalue weighted by molar-refractivity contribution is -0.138. The molecule has 1 unspecified atom stereocenters. The highest BCUT2D eigenvalue weighted by Crippen LogP contribution is 2.24. The summed E-state index contributed by atoms with van der Waals surface area (Å²) in [5, 5.41) is 8.84. The number of carboxylic acids is 1. The summed E-state index contributed by atoms with van der Waals surface area (Å²) < 4.78 is 39.7. The molecule has 1 aliphatic rings. The minimum atomic E-state index is -3.56. The van der Waals surface area contributed by atoms with Crippen molar-refractivity contribution in [3.8, 4) is 0 Å². The molecule has 1 heterocycles. The molecule has 2 rings (SSSR count). The quantitative estimate of drug-likeness (QED) is 0.898. The minimum absolute atomic E-state index is 0.0226. The average Bonchev–Trinajstić information content (AvgIpc) is 2.42. The number of carboxylic acid groups (broad SMARTS) is 1. The summed E-state index contributed by atoms with van der Waals surface area (Å²) in [6.07, 6.45) is 1.35. The molecule has 0 radical (unpaired) electrons. The van der Waals surface area contributed by atoms with Gasteiger partial charge in [0.2, 0.25) is 10.0 Å². The molecule has 1 aromatic carbocycles. The predicted octanol–water partition coefficient (Wildman–Crippen LogP) is 2.15. The Morgan fingerprint density at radius 2 is 2.18 bits per heavy atom. The van der Waals surface area contributed by atoms with Gasteiger partial charge in [0.1, 0.15) is 5.82 Å². The number of halogens is 1. The van der Waals surface area contributed by atoms with Crippen LogP contribution in [0.2, 0.25) is 0 Å². The summed E-state index contributed by atoms with van der Waals surface area (Å²) in [5.41, 5.74) is 0.879. The van der Waals surface area contributed by atoms with E-state index in [0.717, 1.165) is 6.42 Å². The zero-order chi connectivity index (χ0) is 16.3. The highest BCUT2D eigenvalue weighted by atomic mass is 32.2. The molecule has 122 valence electrons. The molecule has 1 N–H and O–H groups in total. The molecular weight excluding hydrogens is 309 g/mol. The third-order valence-electron chi connectivity index (χ3n) is 3.92. The molecule has 1 atom stereocenters. The van der Waals surface area contributed by atoms with Gasteiger partial charge in [-0.05, 0) is 42.9 Å².